The molecule has 2 fully saturated rings. The lowest BCUT2D eigenvalue weighted by atomic mass is 10.1. The minimum Gasteiger partial charge on any atom is -0.473 e. The minimum absolute atomic E-state index is 0.0627. The van der Waals surface area contributed by atoms with Crippen molar-refractivity contribution in [3.8, 4) is 5.88 Å². The lowest BCUT2D eigenvalue weighted by Crippen LogP contribution is -2.25. The van der Waals surface area contributed by atoms with Gasteiger partial charge >= 0.3 is 0 Å². The van der Waals surface area contributed by atoms with E-state index in [2.05, 4.69) is 15.3 Å². The average molecular weight is 262 g/mol. The molecule has 5 nitrogen and oxygen atoms in total. The monoisotopic (exact) mass is 262 g/mol. The second kappa shape index (κ2) is 4.87. The molecule has 0 aliphatic heterocycles. The molecule has 104 valence electrons. The molecule has 2 aliphatic carbocycles. The predicted molar refractivity (Wildman–Crippen MR) is 75.1 cm³/mol. The molecule has 0 saturated heterocycles. The predicted octanol–water partition coefficient (Wildman–Crippen LogP) is 2.45. The van der Waals surface area contributed by atoms with E-state index in [1.165, 1.54) is 32.0 Å². The Labute approximate surface area is 114 Å². The summed E-state index contributed by atoms with van der Waals surface area (Å²) >= 11 is 0. The lowest BCUT2D eigenvalue weighted by molar-refractivity contribution is 0.234. The lowest BCUT2D eigenvalue weighted by Gasteiger charge is -2.20. The summed E-state index contributed by atoms with van der Waals surface area (Å²) in [7, 11) is 0. The van der Waals surface area contributed by atoms with Gasteiger partial charge in [-0.2, -0.15) is 4.98 Å². The van der Waals surface area contributed by atoms with Crippen LogP contribution in [0.25, 0.3) is 0 Å². The van der Waals surface area contributed by atoms with E-state index >= 15 is 0 Å². The quantitative estimate of drug-likeness (QED) is 0.823. The van der Waals surface area contributed by atoms with E-state index in [0.29, 0.717) is 17.6 Å². The van der Waals surface area contributed by atoms with Gasteiger partial charge in [-0.15, -0.1) is 0 Å². The van der Waals surface area contributed by atoms with E-state index in [1.54, 1.807) is 0 Å². The Hall–Kier alpha value is -1.52. The zero-order valence-electron chi connectivity index (χ0n) is 11.6. The summed E-state index contributed by atoms with van der Waals surface area (Å²) in [5, 5.41) is 3.53. The number of ether oxygens (including phenoxy) is 1. The first-order valence-corrected chi connectivity index (χ1v) is 7.19. The van der Waals surface area contributed by atoms with Crippen molar-refractivity contribution in [1.82, 2.24) is 9.97 Å². The van der Waals surface area contributed by atoms with Crippen molar-refractivity contribution in [1.29, 1.82) is 0 Å². The van der Waals surface area contributed by atoms with Gasteiger partial charge in [0.2, 0.25) is 5.88 Å². The first kappa shape index (κ1) is 12.5. The third kappa shape index (κ3) is 2.91. The van der Waals surface area contributed by atoms with Crippen LogP contribution in [0.2, 0.25) is 0 Å². The summed E-state index contributed by atoms with van der Waals surface area (Å²) < 4.78 is 5.60. The molecule has 0 aromatic carbocycles. The molecule has 19 heavy (non-hydrogen) atoms. The third-order valence-electron chi connectivity index (χ3n) is 3.76. The molecule has 1 heterocycles. The van der Waals surface area contributed by atoms with Crippen molar-refractivity contribution in [3.63, 3.8) is 0 Å². The van der Waals surface area contributed by atoms with Gasteiger partial charge in [-0.3, -0.25) is 0 Å². The fourth-order valence-corrected chi connectivity index (χ4v) is 2.50. The fraction of sp³-hybridized carbons (Fsp3) is 0.714. The van der Waals surface area contributed by atoms with Crippen molar-refractivity contribution in [2.75, 3.05) is 11.1 Å². The van der Waals surface area contributed by atoms with Gasteiger partial charge in [-0.1, -0.05) is 0 Å². The average Bonchev–Trinajstić information content (AvgIpc) is 3.24. The summed E-state index contributed by atoms with van der Waals surface area (Å²) in [6, 6.07) is 0.532. The van der Waals surface area contributed by atoms with Crippen molar-refractivity contribution in [2.24, 2.45) is 11.8 Å². The normalized spacial score (nSPS) is 18.9. The number of rotatable bonds is 6. The van der Waals surface area contributed by atoms with Crippen LogP contribution in [0.1, 0.15) is 39.5 Å². The molecule has 0 radical (unpaired) electrons. The Morgan fingerprint density at radius 1 is 1.21 bits per heavy atom. The number of hydrogen-bond donors (Lipinski definition) is 2. The van der Waals surface area contributed by atoms with Crippen LogP contribution in [0.4, 0.5) is 11.5 Å². The van der Waals surface area contributed by atoms with Crippen LogP contribution in [0.3, 0.4) is 0 Å². The highest BCUT2D eigenvalue weighted by atomic mass is 16.5. The molecule has 2 saturated carbocycles. The second-order valence-electron chi connectivity index (χ2n) is 5.95. The van der Waals surface area contributed by atoms with Crippen LogP contribution in [0, 0.1) is 11.8 Å². The summed E-state index contributed by atoms with van der Waals surface area (Å²) in [4.78, 5) is 8.39. The zero-order chi connectivity index (χ0) is 13.4. The summed E-state index contributed by atoms with van der Waals surface area (Å²) in [6.45, 7) is 3.93. The molecule has 0 spiro atoms. The van der Waals surface area contributed by atoms with Crippen molar-refractivity contribution in [3.05, 3.63) is 6.33 Å². The number of nitrogens with two attached hydrogens (primary N) is 1. The van der Waals surface area contributed by atoms with E-state index in [0.717, 1.165) is 17.7 Å². The molecule has 0 amide bonds. The second-order valence-corrected chi connectivity index (χ2v) is 5.95. The highest BCUT2D eigenvalue weighted by molar-refractivity contribution is 5.66. The Morgan fingerprint density at radius 2 is 1.84 bits per heavy atom. The fourth-order valence-electron chi connectivity index (χ4n) is 2.50. The Morgan fingerprint density at radius 3 is 2.37 bits per heavy atom. The molecule has 2 aliphatic rings. The standard InChI is InChI=1S/C14H22N4O/c1-8(2)19-14-11(15)13(16-7-17-14)18-12(9-3-4-9)10-5-6-10/h7-10,12H,3-6,15H2,1-2H3,(H,16,17,18). The van der Waals surface area contributed by atoms with Crippen LogP contribution in [0.15, 0.2) is 6.33 Å². The Kier molecular flexibility index (Phi) is 3.21. The maximum atomic E-state index is 6.11. The van der Waals surface area contributed by atoms with Crippen molar-refractivity contribution in [2.45, 2.75) is 51.7 Å². The number of anilines is 2. The van der Waals surface area contributed by atoms with Gasteiger partial charge in [0.15, 0.2) is 5.82 Å². The van der Waals surface area contributed by atoms with Crippen molar-refractivity contribution >= 4 is 11.5 Å². The number of aromatic nitrogens is 2. The smallest absolute Gasteiger partial charge is 0.242 e. The van der Waals surface area contributed by atoms with E-state index in [-0.39, 0.29) is 6.10 Å². The highest BCUT2D eigenvalue weighted by Crippen LogP contribution is 2.46. The van der Waals surface area contributed by atoms with Crippen LogP contribution >= 0.6 is 0 Å². The van der Waals surface area contributed by atoms with E-state index in [4.69, 9.17) is 10.5 Å². The SMILES string of the molecule is CC(C)Oc1ncnc(NC(C2CC2)C2CC2)c1N. The Bertz CT molecular complexity index is 443. The molecule has 1 aromatic heterocycles. The molecular weight excluding hydrogens is 240 g/mol. The Balaban J connectivity index is 1.75. The molecule has 0 bridgehead atoms. The molecule has 0 unspecified atom stereocenters. The topological polar surface area (TPSA) is 73.1 Å². The van der Waals surface area contributed by atoms with Crippen LogP contribution in [0.5, 0.6) is 5.88 Å². The zero-order valence-corrected chi connectivity index (χ0v) is 11.6. The van der Waals surface area contributed by atoms with Gasteiger partial charge in [0.1, 0.15) is 12.0 Å². The third-order valence-corrected chi connectivity index (χ3v) is 3.76. The van der Waals surface area contributed by atoms with Gasteiger partial charge in [0, 0.05) is 6.04 Å². The van der Waals surface area contributed by atoms with Gasteiger partial charge in [0.05, 0.1) is 6.10 Å². The van der Waals surface area contributed by atoms with Crippen molar-refractivity contribution < 1.29 is 4.74 Å². The van der Waals surface area contributed by atoms with Gasteiger partial charge in [-0.05, 0) is 51.4 Å². The maximum Gasteiger partial charge on any atom is 0.242 e. The number of nitrogen functional groups attached to an aromatic ring is 1. The van der Waals surface area contributed by atoms with Crippen LogP contribution in [-0.2, 0) is 0 Å². The maximum absolute atomic E-state index is 6.11. The largest absolute Gasteiger partial charge is 0.473 e. The van der Waals surface area contributed by atoms with E-state index < -0.39 is 0 Å². The van der Waals surface area contributed by atoms with E-state index in [1.807, 2.05) is 13.8 Å². The minimum atomic E-state index is 0.0627. The summed E-state index contributed by atoms with van der Waals surface area (Å²) in [5.41, 5.74) is 6.64. The van der Waals surface area contributed by atoms with Crippen LogP contribution in [-0.4, -0.2) is 22.1 Å². The summed E-state index contributed by atoms with van der Waals surface area (Å²) in [6.07, 6.45) is 6.90. The van der Waals surface area contributed by atoms with Gasteiger partial charge in [-0.25, -0.2) is 4.98 Å². The van der Waals surface area contributed by atoms with Crippen LogP contribution < -0.4 is 15.8 Å². The molecular formula is C14H22N4O. The first-order valence-electron chi connectivity index (χ1n) is 7.19. The number of hydrogen-bond acceptors (Lipinski definition) is 5. The van der Waals surface area contributed by atoms with Gasteiger partial charge in [0.25, 0.3) is 0 Å². The molecule has 1 aromatic rings. The molecule has 5 heteroatoms. The molecule has 3 N–H and O–H groups in total. The van der Waals surface area contributed by atoms with Gasteiger partial charge < -0.3 is 15.8 Å². The van der Waals surface area contributed by atoms with E-state index in [9.17, 15) is 0 Å². The summed E-state index contributed by atoms with van der Waals surface area (Å²) in [5.74, 6) is 2.82. The molecule has 0 atom stereocenters. The number of nitrogens with one attached hydrogen (secondary N) is 1. The highest BCUT2D eigenvalue weighted by Gasteiger charge is 2.41. The molecule has 3 rings (SSSR count). The first-order chi connectivity index (χ1) is 9.15. The number of nitrogens with zero attached hydrogens (tertiary/aromatic N) is 2.